The van der Waals surface area contributed by atoms with Crippen molar-refractivity contribution in [3.63, 3.8) is 0 Å². The van der Waals surface area contributed by atoms with Crippen LogP contribution in [0.3, 0.4) is 0 Å². The summed E-state index contributed by atoms with van der Waals surface area (Å²) in [5.74, 6) is 0.822. The van der Waals surface area contributed by atoms with Gasteiger partial charge in [-0.3, -0.25) is 4.99 Å². The normalized spacial score (nSPS) is 11.5. The Bertz CT molecular complexity index is 592. The zero-order chi connectivity index (χ0) is 17.0. The summed E-state index contributed by atoms with van der Waals surface area (Å²) in [6, 6.07) is 10.2. The van der Waals surface area contributed by atoms with E-state index in [9.17, 15) is 0 Å². The maximum Gasteiger partial charge on any atom is 0.191 e. The van der Waals surface area contributed by atoms with Crippen LogP contribution in [0, 0.1) is 0 Å². The van der Waals surface area contributed by atoms with Gasteiger partial charge in [0.25, 0.3) is 0 Å². The second-order valence-electron chi connectivity index (χ2n) is 5.37. The fourth-order valence-electron chi connectivity index (χ4n) is 2.27. The van der Waals surface area contributed by atoms with Gasteiger partial charge in [0.15, 0.2) is 5.96 Å². The van der Waals surface area contributed by atoms with E-state index in [1.807, 2.05) is 23.9 Å². The van der Waals surface area contributed by atoms with Crippen LogP contribution in [0.2, 0.25) is 0 Å². The lowest BCUT2D eigenvalue weighted by molar-refractivity contribution is 0.143. The Hall–Kier alpha value is -2.34. The minimum atomic E-state index is 0.734. The average Bonchev–Trinajstić information content (AvgIpc) is 3.15. The third-order valence-electron chi connectivity index (χ3n) is 3.60. The lowest BCUT2D eigenvalue weighted by Gasteiger charge is -2.12. The number of aliphatic imine (C=N–C) groups is 1. The summed E-state index contributed by atoms with van der Waals surface area (Å²) in [6.07, 6.45) is 5.84. The van der Waals surface area contributed by atoms with Gasteiger partial charge in [0.2, 0.25) is 0 Å². The molecule has 0 aliphatic rings. The molecule has 6 heteroatoms. The van der Waals surface area contributed by atoms with Crippen LogP contribution < -0.4 is 10.6 Å². The zero-order valence-electron chi connectivity index (χ0n) is 14.5. The first kappa shape index (κ1) is 18.0. The van der Waals surface area contributed by atoms with Gasteiger partial charge >= 0.3 is 0 Å². The highest BCUT2D eigenvalue weighted by atomic mass is 16.5. The Morgan fingerprint density at radius 2 is 2.04 bits per heavy atom. The van der Waals surface area contributed by atoms with Gasteiger partial charge in [-0.2, -0.15) is 5.10 Å². The van der Waals surface area contributed by atoms with Crippen LogP contribution in [0.15, 0.2) is 47.7 Å². The number of rotatable bonds is 9. The molecule has 0 aliphatic heterocycles. The van der Waals surface area contributed by atoms with E-state index in [0.29, 0.717) is 0 Å². The fraction of sp³-hybridized carbons (Fsp3) is 0.444. The van der Waals surface area contributed by atoms with E-state index in [1.165, 1.54) is 5.56 Å². The summed E-state index contributed by atoms with van der Waals surface area (Å²) in [4.78, 5) is 4.24. The lowest BCUT2D eigenvalue weighted by atomic mass is 10.2. The van der Waals surface area contributed by atoms with E-state index < -0.39 is 0 Å². The number of hydrogen-bond donors (Lipinski definition) is 2. The van der Waals surface area contributed by atoms with Crippen LogP contribution in [0.1, 0.15) is 25.3 Å². The highest BCUT2D eigenvalue weighted by Crippen LogP contribution is 2.08. The van der Waals surface area contributed by atoms with Gasteiger partial charge in [-0.25, -0.2) is 4.68 Å². The molecule has 0 unspecified atom stereocenters. The monoisotopic (exact) mass is 329 g/mol. The third kappa shape index (κ3) is 6.04. The molecule has 2 N–H and O–H groups in total. The first-order valence-corrected chi connectivity index (χ1v) is 8.44. The second kappa shape index (κ2) is 10.4. The molecule has 1 aromatic heterocycles. The Labute approximate surface area is 143 Å². The van der Waals surface area contributed by atoms with E-state index in [4.69, 9.17) is 4.74 Å². The molecule has 24 heavy (non-hydrogen) atoms. The van der Waals surface area contributed by atoms with Crippen molar-refractivity contribution in [3.05, 3.63) is 48.3 Å². The molecule has 2 rings (SSSR count). The number of nitrogens with zero attached hydrogens (tertiary/aromatic N) is 3. The molecule has 130 valence electrons. The summed E-state index contributed by atoms with van der Waals surface area (Å²) in [5, 5.41) is 10.9. The summed E-state index contributed by atoms with van der Waals surface area (Å²) < 4.78 is 7.18. The maximum atomic E-state index is 5.33. The molecule has 0 saturated carbocycles. The molecule has 0 saturated heterocycles. The molecule has 0 fully saturated rings. The minimum absolute atomic E-state index is 0.734. The first-order valence-electron chi connectivity index (χ1n) is 8.44. The minimum Gasteiger partial charge on any atom is -0.382 e. The van der Waals surface area contributed by atoms with Crippen LogP contribution in [-0.2, 0) is 11.3 Å². The molecular weight excluding hydrogens is 302 g/mol. The third-order valence-corrected chi connectivity index (χ3v) is 3.60. The van der Waals surface area contributed by atoms with Crippen molar-refractivity contribution in [2.45, 2.75) is 26.3 Å². The summed E-state index contributed by atoms with van der Waals surface area (Å²) in [6.45, 7) is 5.26. The standard InChI is InChI=1S/C18H27N5O/c1-3-24-14-5-4-11-20-18(19-2)21-15-16-7-9-17(10-8-16)23-13-6-12-22-23/h6-10,12-13H,3-5,11,14-15H2,1-2H3,(H2,19,20,21). The number of aromatic nitrogens is 2. The highest BCUT2D eigenvalue weighted by molar-refractivity contribution is 5.79. The summed E-state index contributed by atoms with van der Waals surface area (Å²) >= 11 is 0. The van der Waals surface area contributed by atoms with Gasteiger partial charge in [0.1, 0.15) is 0 Å². The Balaban J connectivity index is 1.71. The molecule has 0 spiro atoms. The molecule has 0 radical (unpaired) electrons. The quantitative estimate of drug-likeness (QED) is 0.421. The number of nitrogens with one attached hydrogen (secondary N) is 2. The summed E-state index contributed by atoms with van der Waals surface area (Å²) in [7, 11) is 1.79. The van der Waals surface area contributed by atoms with E-state index in [0.717, 1.165) is 50.8 Å². The molecular formula is C18H27N5O. The van der Waals surface area contributed by atoms with Crippen molar-refractivity contribution in [2.24, 2.45) is 4.99 Å². The van der Waals surface area contributed by atoms with Crippen LogP contribution >= 0.6 is 0 Å². The maximum absolute atomic E-state index is 5.33. The van der Waals surface area contributed by atoms with E-state index >= 15 is 0 Å². The van der Waals surface area contributed by atoms with Crippen molar-refractivity contribution in [1.82, 2.24) is 20.4 Å². The van der Waals surface area contributed by atoms with Gasteiger partial charge in [0.05, 0.1) is 5.69 Å². The molecule has 0 amide bonds. The molecule has 0 aliphatic carbocycles. The highest BCUT2D eigenvalue weighted by Gasteiger charge is 2.00. The average molecular weight is 329 g/mol. The SMILES string of the molecule is CCOCCCCNC(=NC)NCc1ccc(-n2cccn2)cc1. The van der Waals surface area contributed by atoms with Gasteiger partial charge < -0.3 is 15.4 Å². The van der Waals surface area contributed by atoms with Gasteiger partial charge in [0, 0.05) is 45.7 Å². The fourth-order valence-corrected chi connectivity index (χ4v) is 2.27. The topological polar surface area (TPSA) is 63.5 Å². The zero-order valence-corrected chi connectivity index (χ0v) is 14.5. The molecule has 2 aromatic rings. The van der Waals surface area contributed by atoms with Crippen molar-refractivity contribution >= 4 is 5.96 Å². The predicted molar refractivity (Wildman–Crippen MR) is 97.5 cm³/mol. The van der Waals surface area contributed by atoms with Crippen LogP contribution in [-0.4, -0.2) is 42.5 Å². The van der Waals surface area contributed by atoms with Crippen LogP contribution in [0.25, 0.3) is 5.69 Å². The molecule has 6 nitrogen and oxygen atoms in total. The van der Waals surface area contributed by atoms with Crippen molar-refractivity contribution < 1.29 is 4.74 Å². The van der Waals surface area contributed by atoms with Crippen LogP contribution in [0.5, 0.6) is 0 Å². The number of guanidine groups is 1. The lowest BCUT2D eigenvalue weighted by Crippen LogP contribution is -2.37. The van der Waals surface area contributed by atoms with Gasteiger partial charge in [-0.05, 0) is 43.5 Å². The smallest absolute Gasteiger partial charge is 0.191 e. The molecule has 0 atom stereocenters. The van der Waals surface area contributed by atoms with E-state index in [2.05, 4.69) is 45.0 Å². The van der Waals surface area contributed by atoms with E-state index in [-0.39, 0.29) is 0 Å². The van der Waals surface area contributed by atoms with Crippen molar-refractivity contribution in [1.29, 1.82) is 0 Å². The Kier molecular flexibility index (Phi) is 7.83. The Morgan fingerprint density at radius 1 is 1.21 bits per heavy atom. The number of ether oxygens (including phenoxy) is 1. The largest absolute Gasteiger partial charge is 0.382 e. The molecule has 1 heterocycles. The van der Waals surface area contributed by atoms with Crippen LogP contribution in [0.4, 0.5) is 0 Å². The van der Waals surface area contributed by atoms with Gasteiger partial charge in [-0.15, -0.1) is 0 Å². The van der Waals surface area contributed by atoms with Crippen molar-refractivity contribution in [2.75, 3.05) is 26.8 Å². The Morgan fingerprint density at radius 3 is 2.71 bits per heavy atom. The summed E-state index contributed by atoms with van der Waals surface area (Å²) in [5.41, 5.74) is 2.26. The van der Waals surface area contributed by atoms with E-state index in [1.54, 1.807) is 13.2 Å². The first-order chi connectivity index (χ1) is 11.8. The van der Waals surface area contributed by atoms with Crippen molar-refractivity contribution in [3.8, 4) is 5.69 Å². The van der Waals surface area contributed by atoms with Gasteiger partial charge in [-0.1, -0.05) is 12.1 Å². The number of unbranched alkanes of at least 4 members (excludes halogenated alkanes) is 1. The second-order valence-corrected chi connectivity index (χ2v) is 5.37. The molecule has 0 bridgehead atoms. The number of hydrogen-bond acceptors (Lipinski definition) is 3. The molecule has 1 aromatic carbocycles. The number of benzene rings is 1. The predicted octanol–water partition coefficient (Wildman–Crippen LogP) is 2.35.